The van der Waals surface area contributed by atoms with E-state index in [4.69, 9.17) is 22.5 Å². The van der Waals surface area contributed by atoms with E-state index in [0.29, 0.717) is 6.07 Å². The Labute approximate surface area is 82.4 Å². The molecule has 0 fully saturated rings. The van der Waals surface area contributed by atoms with Crippen LogP contribution >= 0.6 is 28.6 Å². The van der Waals surface area contributed by atoms with Crippen molar-refractivity contribution in [1.82, 2.24) is 0 Å². The van der Waals surface area contributed by atoms with Gasteiger partial charge in [0, 0.05) is 28.5 Å². The predicted molar refractivity (Wildman–Crippen MR) is 46.3 cm³/mol. The molecule has 13 heavy (non-hydrogen) atoms. The zero-order chi connectivity index (χ0) is 10.1. The van der Waals surface area contributed by atoms with E-state index in [-0.39, 0.29) is 5.75 Å². The standard InChI is InChI=1S/C6H3Cl2F2O2P/c7-13(8,11)12-4-1-2-5(9)6(10)3-4/h1-3H. The molecule has 0 radical (unpaired) electrons. The molecule has 0 amide bonds. The molecule has 0 aliphatic carbocycles. The highest BCUT2D eigenvalue weighted by Crippen LogP contribution is 2.57. The summed E-state index contributed by atoms with van der Waals surface area (Å²) < 4.78 is 40.0. The van der Waals surface area contributed by atoms with Crippen LogP contribution in [0.1, 0.15) is 0 Å². The van der Waals surface area contributed by atoms with E-state index in [1.165, 1.54) is 0 Å². The number of hydrogen-bond acceptors (Lipinski definition) is 2. The fourth-order valence-corrected chi connectivity index (χ4v) is 1.49. The normalized spacial score (nSPS) is 11.4. The molecule has 1 aromatic rings. The highest BCUT2D eigenvalue weighted by Gasteiger charge is 2.16. The summed E-state index contributed by atoms with van der Waals surface area (Å²) >= 11 is 10.1. The maximum absolute atomic E-state index is 12.5. The first-order valence-corrected chi connectivity index (χ1v) is 6.46. The fraction of sp³-hybridized carbons (Fsp3) is 0. The molecule has 0 saturated carbocycles. The molecular weight excluding hydrogens is 244 g/mol. The van der Waals surface area contributed by atoms with Gasteiger partial charge in [-0.3, -0.25) is 0 Å². The first-order chi connectivity index (χ1) is 5.88. The van der Waals surface area contributed by atoms with Crippen LogP contribution in [0, 0.1) is 11.6 Å². The van der Waals surface area contributed by atoms with Crippen molar-refractivity contribution in [1.29, 1.82) is 0 Å². The van der Waals surface area contributed by atoms with Crippen molar-refractivity contribution in [2.24, 2.45) is 0 Å². The number of halogens is 4. The van der Waals surface area contributed by atoms with Gasteiger partial charge >= 0.3 is 6.07 Å². The van der Waals surface area contributed by atoms with Gasteiger partial charge in [-0.1, -0.05) is 0 Å². The first kappa shape index (κ1) is 10.8. The third kappa shape index (κ3) is 3.51. The van der Waals surface area contributed by atoms with Crippen LogP contribution in [0.3, 0.4) is 0 Å². The zero-order valence-corrected chi connectivity index (χ0v) is 8.41. The number of rotatable bonds is 2. The Balaban J connectivity index is 2.92. The Hall–Kier alpha value is -0.310. The average molecular weight is 247 g/mol. The number of benzene rings is 1. The van der Waals surface area contributed by atoms with Gasteiger partial charge < -0.3 is 4.52 Å². The van der Waals surface area contributed by atoms with E-state index in [2.05, 4.69) is 4.52 Å². The molecule has 0 aromatic heterocycles. The highest BCUT2D eigenvalue weighted by atomic mass is 35.9. The molecule has 0 aliphatic rings. The molecule has 1 rings (SSSR count). The van der Waals surface area contributed by atoms with E-state index in [1.807, 2.05) is 0 Å². The van der Waals surface area contributed by atoms with Gasteiger partial charge in [0.05, 0.1) is 0 Å². The Morgan fingerprint density at radius 2 is 1.85 bits per heavy atom. The lowest BCUT2D eigenvalue weighted by atomic mass is 10.3. The molecule has 0 aliphatic heterocycles. The Morgan fingerprint density at radius 1 is 1.23 bits per heavy atom. The van der Waals surface area contributed by atoms with Gasteiger partial charge in [0.25, 0.3) is 0 Å². The summed E-state index contributed by atoms with van der Waals surface area (Å²) in [6, 6.07) is 2.58. The van der Waals surface area contributed by atoms with Crippen molar-refractivity contribution in [2.45, 2.75) is 0 Å². The Bertz CT molecular complexity index is 366. The van der Waals surface area contributed by atoms with E-state index in [9.17, 15) is 13.3 Å². The van der Waals surface area contributed by atoms with Crippen LogP contribution in [0.2, 0.25) is 0 Å². The van der Waals surface area contributed by atoms with Crippen molar-refractivity contribution in [3.8, 4) is 5.75 Å². The first-order valence-electron chi connectivity index (χ1n) is 3.02. The van der Waals surface area contributed by atoms with Crippen LogP contribution in [0.25, 0.3) is 0 Å². The molecule has 0 heterocycles. The third-order valence-electron chi connectivity index (χ3n) is 1.10. The number of hydrogen-bond donors (Lipinski definition) is 0. The van der Waals surface area contributed by atoms with Crippen LogP contribution in [0.15, 0.2) is 18.2 Å². The van der Waals surface area contributed by atoms with E-state index >= 15 is 0 Å². The van der Waals surface area contributed by atoms with Crippen LogP contribution in [0.4, 0.5) is 8.78 Å². The molecule has 0 N–H and O–H groups in total. The van der Waals surface area contributed by atoms with Crippen LogP contribution in [-0.2, 0) is 4.57 Å². The van der Waals surface area contributed by atoms with Gasteiger partial charge in [-0.2, -0.15) is 0 Å². The fourth-order valence-electron chi connectivity index (χ4n) is 0.656. The quantitative estimate of drug-likeness (QED) is 0.740. The summed E-state index contributed by atoms with van der Waals surface area (Å²) in [5.41, 5.74) is 0. The minimum atomic E-state index is -3.77. The lowest BCUT2D eigenvalue weighted by Gasteiger charge is -2.05. The van der Waals surface area contributed by atoms with E-state index < -0.39 is 17.7 Å². The molecule has 0 unspecified atom stereocenters. The van der Waals surface area contributed by atoms with Crippen LogP contribution in [0.5, 0.6) is 5.75 Å². The Morgan fingerprint density at radius 3 is 2.31 bits per heavy atom. The summed E-state index contributed by atoms with van der Waals surface area (Å²) in [5.74, 6) is -2.35. The van der Waals surface area contributed by atoms with Crippen molar-refractivity contribution in [2.75, 3.05) is 0 Å². The van der Waals surface area contributed by atoms with Crippen LogP contribution in [-0.4, -0.2) is 0 Å². The van der Waals surface area contributed by atoms with Gasteiger partial charge in [0.2, 0.25) is 0 Å². The largest absolute Gasteiger partial charge is 0.428 e. The minimum Gasteiger partial charge on any atom is -0.422 e. The van der Waals surface area contributed by atoms with Gasteiger partial charge in [-0.15, -0.1) is 0 Å². The van der Waals surface area contributed by atoms with E-state index in [0.717, 1.165) is 12.1 Å². The summed E-state index contributed by atoms with van der Waals surface area (Å²) in [5, 5.41) is 0. The summed E-state index contributed by atoms with van der Waals surface area (Å²) in [4.78, 5) is 0. The second kappa shape index (κ2) is 3.82. The molecule has 0 spiro atoms. The van der Waals surface area contributed by atoms with Crippen molar-refractivity contribution in [3.63, 3.8) is 0 Å². The SMILES string of the molecule is O=P(Cl)(Cl)Oc1ccc(F)c(F)c1. The molecule has 0 saturated heterocycles. The molecule has 0 bridgehead atoms. The lowest BCUT2D eigenvalue weighted by Crippen LogP contribution is -1.86. The monoisotopic (exact) mass is 246 g/mol. The molecule has 2 nitrogen and oxygen atoms in total. The van der Waals surface area contributed by atoms with Gasteiger partial charge in [-0.05, 0) is 12.1 Å². The summed E-state index contributed by atoms with van der Waals surface area (Å²) in [6.45, 7) is 0. The topological polar surface area (TPSA) is 26.3 Å². The third-order valence-corrected chi connectivity index (χ3v) is 1.94. The maximum Gasteiger partial charge on any atom is 0.428 e. The second-order valence-electron chi connectivity index (χ2n) is 2.08. The maximum atomic E-state index is 12.5. The summed E-state index contributed by atoms with van der Waals surface area (Å²) in [7, 11) is 0. The van der Waals surface area contributed by atoms with Crippen molar-refractivity contribution >= 4 is 28.6 Å². The Kier molecular flexibility index (Phi) is 3.17. The highest BCUT2D eigenvalue weighted by molar-refractivity contribution is 8.05. The minimum absolute atomic E-state index is 0.188. The van der Waals surface area contributed by atoms with Gasteiger partial charge in [0.1, 0.15) is 5.75 Å². The average Bonchev–Trinajstić information content (AvgIpc) is 1.94. The molecule has 1 aromatic carbocycles. The second-order valence-corrected chi connectivity index (χ2v) is 6.28. The lowest BCUT2D eigenvalue weighted by molar-refractivity contribution is 0.488. The van der Waals surface area contributed by atoms with Crippen LogP contribution < -0.4 is 4.52 Å². The summed E-state index contributed by atoms with van der Waals surface area (Å²) in [6.07, 6.45) is -3.77. The predicted octanol–water partition coefficient (Wildman–Crippen LogP) is 3.93. The van der Waals surface area contributed by atoms with E-state index in [1.54, 1.807) is 0 Å². The van der Waals surface area contributed by atoms with Gasteiger partial charge in [0.15, 0.2) is 11.6 Å². The van der Waals surface area contributed by atoms with Gasteiger partial charge in [-0.25, -0.2) is 13.3 Å². The van der Waals surface area contributed by atoms with Crippen molar-refractivity contribution in [3.05, 3.63) is 29.8 Å². The molecule has 0 atom stereocenters. The smallest absolute Gasteiger partial charge is 0.422 e. The molecule has 7 heteroatoms. The molecular formula is C6H3Cl2F2O2P. The van der Waals surface area contributed by atoms with Crippen molar-refractivity contribution < 1.29 is 17.9 Å². The molecule has 72 valence electrons. The zero-order valence-electron chi connectivity index (χ0n) is 6.01.